The first kappa shape index (κ1) is 12.4. The molecule has 0 saturated heterocycles. The molecule has 0 heterocycles. The normalized spacial score (nSPS) is 12.1. The standard InChI is InChI=1S/C14H14FNO2/c15-11-5-3-4-10(8-11)12(16)9-18-14-7-2-1-6-13(14)17/h1-8,12,17H,9,16H2. The summed E-state index contributed by atoms with van der Waals surface area (Å²) in [4.78, 5) is 0. The Kier molecular flexibility index (Phi) is 3.79. The predicted octanol–water partition coefficient (Wildman–Crippen LogP) is 2.61. The van der Waals surface area contributed by atoms with Crippen molar-refractivity contribution in [3.8, 4) is 11.5 Å². The second kappa shape index (κ2) is 5.51. The molecule has 0 spiro atoms. The Morgan fingerprint density at radius 3 is 2.67 bits per heavy atom. The molecule has 0 radical (unpaired) electrons. The molecule has 0 aliphatic carbocycles. The van der Waals surface area contributed by atoms with Crippen LogP contribution in [0, 0.1) is 5.82 Å². The molecular formula is C14H14FNO2. The maximum absolute atomic E-state index is 13.0. The number of ether oxygens (including phenoxy) is 1. The van der Waals surface area contributed by atoms with Gasteiger partial charge in [-0.25, -0.2) is 4.39 Å². The van der Waals surface area contributed by atoms with Gasteiger partial charge in [0.1, 0.15) is 12.4 Å². The van der Waals surface area contributed by atoms with E-state index < -0.39 is 6.04 Å². The Morgan fingerprint density at radius 1 is 1.17 bits per heavy atom. The van der Waals surface area contributed by atoms with Gasteiger partial charge in [0.05, 0.1) is 6.04 Å². The van der Waals surface area contributed by atoms with Crippen LogP contribution in [0.5, 0.6) is 11.5 Å². The number of rotatable bonds is 4. The molecule has 0 bridgehead atoms. The molecule has 18 heavy (non-hydrogen) atoms. The molecule has 2 rings (SSSR count). The first-order valence-electron chi connectivity index (χ1n) is 5.58. The van der Waals surface area contributed by atoms with Crippen LogP contribution in [-0.4, -0.2) is 11.7 Å². The summed E-state index contributed by atoms with van der Waals surface area (Å²) in [6, 6.07) is 12.3. The fourth-order valence-corrected chi connectivity index (χ4v) is 1.59. The van der Waals surface area contributed by atoms with E-state index in [-0.39, 0.29) is 18.2 Å². The predicted molar refractivity (Wildman–Crippen MR) is 66.9 cm³/mol. The van der Waals surface area contributed by atoms with Gasteiger partial charge in [-0.15, -0.1) is 0 Å². The number of phenols is 1. The van der Waals surface area contributed by atoms with Crippen LogP contribution in [0.2, 0.25) is 0 Å². The number of nitrogens with two attached hydrogens (primary N) is 1. The number of aromatic hydroxyl groups is 1. The van der Waals surface area contributed by atoms with Crippen LogP contribution in [0.15, 0.2) is 48.5 Å². The van der Waals surface area contributed by atoms with E-state index in [1.165, 1.54) is 18.2 Å². The highest BCUT2D eigenvalue weighted by molar-refractivity contribution is 5.38. The smallest absolute Gasteiger partial charge is 0.161 e. The zero-order valence-electron chi connectivity index (χ0n) is 9.71. The maximum Gasteiger partial charge on any atom is 0.161 e. The van der Waals surface area contributed by atoms with Crippen molar-refractivity contribution in [1.29, 1.82) is 0 Å². The van der Waals surface area contributed by atoms with Crippen LogP contribution >= 0.6 is 0 Å². The van der Waals surface area contributed by atoms with Gasteiger partial charge in [-0.1, -0.05) is 24.3 Å². The van der Waals surface area contributed by atoms with E-state index in [4.69, 9.17) is 10.5 Å². The van der Waals surface area contributed by atoms with Gasteiger partial charge in [0.15, 0.2) is 11.5 Å². The molecule has 3 nitrogen and oxygen atoms in total. The summed E-state index contributed by atoms with van der Waals surface area (Å²) < 4.78 is 18.4. The van der Waals surface area contributed by atoms with Crippen molar-refractivity contribution in [1.82, 2.24) is 0 Å². The van der Waals surface area contributed by atoms with Crippen molar-refractivity contribution in [2.24, 2.45) is 5.73 Å². The summed E-state index contributed by atoms with van der Waals surface area (Å²) in [5, 5.41) is 9.51. The summed E-state index contributed by atoms with van der Waals surface area (Å²) in [6.07, 6.45) is 0. The summed E-state index contributed by atoms with van der Waals surface area (Å²) >= 11 is 0. The highest BCUT2D eigenvalue weighted by Gasteiger charge is 2.09. The van der Waals surface area contributed by atoms with E-state index >= 15 is 0 Å². The molecule has 4 heteroatoms. The van der Waals surface area contributed by atoms with Gasteiger partial charge in [0.2, 0.25) is 0 Å². The monoisotopic (exact) mass is 247 g/mol. The molecule has 2 aromatic carbocycles. The van der Waals surface area contributed by atoms with Gasteiger partial charge < -0.3 is 15.6 Å². The molecular weight excluding hydrogens is 233 g/mol. The Labute approximate surface area is 105 Å². The molecule has 94 valence electrons. The Hall–Kier alpha value is -2.07. The SMILES string of the molecule is NC(COc1ccccc1O)c1cccc(F)c1. The van der Waals surface area contributed by atoms with Crippen LogP contribution in [0.4, 0.5) is 4.39 Å². The minimum atomic E-state index is -0.444. The number of halogens is 1. The highest BCUT2D eigenvalue weighted by Crippen LogP contribution is 2.25. The molecule has 1 unspecified atom stereocenters. The minimum Gasteiger partial charge on any atom is -0.504 e. The first-order chi connectivity index (χ1) is 8.66. The molecule has 0 aliphatic rings. The maximum atomic E-state index is 13.0. The number of hydrogen-bond acceptors (Lipinski definition) is 3. The van der Waals surface area contributed by atoms with Crippen molar-refractivity contribution in [3.05, 3.63) is 59.9 Å². The highest BCUT2D eigenvalue weighted by atomic mass is 19.1. The van der Waals surface area contributed by atoms with Crippen molar-refractivity contribution in [2.75, 3.05) is 6.61 Å². The second-order valence-electron chi connectivity index (χ2n) is 3.94. The minimum absolute atomic E-state index is 0.0592. The average Bonchev–Trinajstić information content (AvgIpc) is 2.37. The van der Waals surface area contributed by atoms with Gasteiger partial charge in [-0.3, -0.25) is 0 Å². The topological polar surface area (TPSA) is 55.5 Å². The van der Waals surface area contributed by atoms with Gasteiger partial charge in [0.25, 0.3) is 0 Å². The lowest BCUT2D eigenvalue weighted by Crippen LogP contribution is -2.19. The van der Waals surface area contributed by atoms with Gasteiger partial charge in [-0.2, -0.15) is 0 Å². The van der Waals surface area contributed by atoms with E-state index in [2.05, 4.69) is 0 Å². The van der Waals surface area contributed by atoms with Crippen LogP contribution < -0.4 is 10.5 Å². The van der Waals surface area contributed by atoms with Crippen LogP contribution in [-0.2, 0) is 0 Å². The van der Waals surface area contributed by atoms with Crippen molar-refractivity contribution in [2.45, 2.75) is 6.04 Å². The lowest BCUT2D eigenvalue weighted by molar-refractivity contribution is 0.276. The molecule has 1 atom stereocenters. The summed E-state index contributed by atoms with van der Waals surface area (Å²) in [5.74, 6) is 0.0961. The second-order valence-corrected chi connectivity index (χ2v) is 3.94. The molecule has 2 aromatic rings. The Balaban J connectivity index is 2.00. The molecule has 0 amide bonds. The van der Waals surface area contributed by atoms with Gasteiger partial charge in [0, 0.05) is 0 Å². The van der Waals surface area contributed by atoms with E-state index in [1.807, 2.05) is 0 Å². The van der Waals surface area contributed by atoms with E-state index in [0.29, 0.717) is 11.3 Å². The average molecular weight is 247 g/mol. The van der Waals surface area contributed by atoms with Gasteiger partial charge in [-0.05, 0) is 29.8 Å². The van der Waals surface area contributed by atoms with Crippen molar-refractivity contribution < 1.29 is 14.2 Å². The summed E-state index contributed by atoms with van der Waals surface area (Å²) in [6.45, 7) is 0.168. The number of para-hydroxylation sites is 2. The molecule has 0 aromatic heterocycles. The molecule has 3 N–H and O–H groups in total. The quantitative estimate of drug-likeness (QED) is 0.873. The molecule has 0 fully saturated rings. The third-order valence-electron chi connectivity index (χ3n) is 2.56. The van der Waals surface area contributed by atoms with E-state index in [1.54, 1.807) is 30.3 Å². The number of hydrogen-bond donors (Lipinski definition) is 2. The number of benzene rings is 2. The van der Waals surface area contributed by atoms with Crippen LogP contribution in [0.3, 0.4) is 0 Å². The lowest BCUT2D eigenvalue weighted by atomic mass is 10.1. The Morgan fingerprint density at radius 2 is 1.94 bits per heavy atom. The summed E-state index contributed by atoms with van der Waals surface area (Å²) in [5.41, 5.74) is 6.55. The molecule has 0 saturated carbocycles. The summed E-state index contributed by atoms with van der Waals surface area (Å²) in [7, 11) is 0. The van der Waals surface area contributed by atoms with E-state index in [9.17, 15) is 9.50 Å². The zero-order chi connectivity index (χ0) is 13.0. The Bertz CT molecular complexity index is 531. The van der Waals surface area contributed by atoms with E-state index in [0.717, 1.165) is 0 Å². The number of phenolic OH excluding ortho intramolecular Hbond substituents is 1. The lowest BCUT2D eigenvalue weighted by Gasteiger charge is -2.14. The fourth-order valence-electron chi connectivity index (χ4n) is 1.59. The van der Waals surface area contributed by atoms with Crippen LogP contribution in [0.25, 0.3) is 0 Å². The first-order valence-corrected chi connectivity index (χ1v) is 5.58. The van der Waals surface area contributed by atoms with Crippen LogP contribution in [0.1, 0.15) is 11.6 Å². The third-order valence-corrected chi connectivity index (χ3v) is 2.56. The van der Waals surface area contributed by atoms with Crippen molar-refractivity contribution >= 4 is 0 Å². The van der Waals surface area contributed by atoms with Crippen molar-refractivity contribution in [3.63, 3.8) is 0 Å². The van der Waals surface area contributed by atoms with Gasteiger partial charge >= 0.3 is 0 Å². The molecule has 0 aliphatic heterocycles. The zero-order valence-corrected chi connectivity index (χ0v) is 9.71. The third kappa shape index (κ3) is 2.99. The fraction of sp³-hybridized carbons (Fsp3) is 0.143. The largest absolute Gasteiger partial charge is 0.504 e.